The minimum absolute atomic E-state index is 0.0980. The molecule has 0 bridgehead atoms. The number of nitrogens with zero attached hydrogens (tertiary/aromatic N) is 5. The summed E-state index contributed by atoms with van der Waals surface area (Å²) < 4.78 is 7.30. The Kier molecular flexibility index (Phi) is 6.92. The monoisotopic (exact) mass is 859 g/mol. The molecule has 0 spiro atoms. The molecule has 0 atom stereocenters. The topological polar surface area (TPSA) is 39.5 Å². The van der Waals surface area contributed by atoms with Crippen LogP contribution in [0.5, 0.6) is 0 Å². The number of benzene rings is 9. The van der Waals surface area contributed by atoms with Crippen molar-refractivity contribution in [2.75, 3.05) is 0 Å². The first-order valence-electron chi connectivity index (χ1n) is 23.6. The molecule has 0 fully saturated rings. The van der Waals surface area contributed by atoms with Gasteiger partial charge in [-0.05, 0) is 116 Å². The van der Waals surface area contributed by atoms with Gasteiger partial charge in [0.25, 0.3) is 0 Å². The third-order valence-corrected chi connectivity index (χ3v) is 15.1. The van der Waals surface area contributed by atoms with Gasteiger partial charge in [-0.25, -0.2) is 9.97 Å². The van der Waals surface area contributed by atoms with E-state index in [1.165, 1.54) is 104 Å². The second kappa shape index (κ2) is 12.4. The molecule has 0 aliphatic carbocycles. The molecular formula is C62H45N5. The van der Waals surface area contributed by atoms with Crippen molar-refractivity contribution in [2.24, 2.45) is 0 Å². The first-order chi connectivity index (χ1) is 32.5. The van der Waals surface area contributed by atoms with E-state index in [1.54, 1.807) is 0 Å². The van der Waals surface area contributed by atoms with Crippen LogP contribution in [0.25, 0.3) is 137 Å². The molecule has 15 rings (SSSR count). The number of fused-ring (bicyclic) bond motifs is 19. The van der Waals surface area contributed by atoms with Crippen LogP contribution in [0.15, 0.2) is 164 Å². The van der Waals surface area contributed by atoms with E-state index in [0.717, 1.165) is 44.3 Å². The van der Waals surface area contributed by atoms with Crippen LogP contribution in [-0.4, -0.2) is 23.3 Å². The van der Waals surface area contributed by atoms with E-state index in [-0.39, 0.29) is 10.8 Å². The Hall–Kier alpha value is -8.02. The number of rotatable bonds is 2. The second-order valence-electron chi connectivity index (χ2n) is 21.0. The fourth-order valence-corrected chi connectivity index (χ4v) is 11.9. The number of hydrogen-bond donors (Lipinski definition) is 0. The van der Waals surface area contributed by atoms with Gasteiger partial charge in [0.1, 0.15) is 11.0 Å². The third-order valence-electron chi connectivity index (χ3n) is 15.1. The van der Waals surface area contributed by atoms with Crippen LogP contribution in [0.1, 0.15) is 52.7 Å². The Balaban J connectivity index is 1.13. The van der Waals surface area contributed by atoms with Gasteiger partial charge in [0.2, 0.25) is 0 Å². The van der Waals surface area contributed by atoms with Crippen molar-refractivity contribution in [1.29, 1.82) is 0 Å². The third kappa shape index (κ3) is 4.78. The zero-order chi connectivity index (χ0) is 44.8. The number of aromatic nitrogens is 5. The lowest BCUT2D eigenvalue weighted by Gasteiger charge is -2.21. The fourth-order valence-electron chi connectivity index (χ4n) is 11.9. The Bertz CT molecular complexity index is 4620. The van der Waals surface area contributed by atoms with Crippen molar-refractivity contribution >= 4 is 120 Å². The molecule has 0 saturated heterocycles. The summed E-state index contributed by atoms with van der Waals surface area (Å²) in [4.78, 5) is 11.8. The molecule has 6 aromatic heterocycles. The second-order valence-corrected chi connectivity index (χ2v) is 21.0. The van der Waals surface area contributed by atoms with Gasteiger partial charge in [-0.1, -0.05) is 139 Å². The average Bonchev–Trinajstić information content (AvgIpc) is 4.12. The summed E-state index contributed by atoms with van der Waals surface area (Å²) in [5, 5.41) is 14.7. The standard InChI is InChI=1S/C62H45N5/c1-61(2,3)37-30-43(36-25-26-50-44(28-36)42-22-14-15-23-49(42)65(50)39-18-8-7-9-19-39)56-45(31-37)46-32-38(62(4,5)6)33-48-54-59(67(56)57(46)48)64-55-53-41-21-13-11-17-35(41)29-47-52-40-20-12-10-16-34(40)24-27-51(52)66(58(47)53)60(55)63-54/h7-33H,1-6H3. The minimum Gasteiger partial charge on any atom is -0.309 e. The summed E-state index contributed by atoms with van der Waals surface area (Å²) in [6.45, 7) is 14.0. The van der Waals surface area contributed by atoms with Gasteiger partial charge in [-0.3, -0.25) is 8.80 Å². The van der Waals surface area contributed by atoms with Gasteiger partial charge in [0.05, 0.1) is 33.1 Å². The molecule has 0 amide bonds. The van der Waals surface area contributed by atoms with E-state index in [9.17, 15) is 0 Å². The molecule has 0 saturated carbocycles. The maximum absolute atomic E-state index is 5.93. The van der Waals surface area contributed by atoms with Gasteiger partial charge >= 0.3 is 0 Å². The summed E-state index contributed by atoms with van der Waals surface area (Å²) in [5.41, 5.74) is 16.7. The first kappa shape index (κ1) is 37.2. The Morgan fingerprint density at radius 1 is 0.373 bits per heavy atom. The van der Waals surface area contributed by atoms with E-state index >= 15 is 0 Å². The predicted octanol–water partition coefficient (Wildman–Crippen LogP) is 16.4. The average molecular weight is 860 g/mol. The maximum atomic E-state index is 5.93. The molecule has 0 aliphatic heterocycles. The lowest BCUT2D eigenvalue weighted by Crippen LogP contribution is -2.11. The lowest BCUT2D eigenvalue weighted by atomic mass is 9.83. The van der Waals surface area contributed by atoms with E-state index in [1.807, 2.05) is 0 Å². The summed E-state index contributed by atoms with van der Waals surface area (Å²) in [6.07, 6.45) is 0. The summed E-state index contributed by atoms with van der Waals surface area (Å²) in [6, 6.07) is 61.0. The van der Waals surface area contributed by atoms with Crippen molar-refractivity contribution in [2.45, 2.75) is 52.4 Å². The van der Waals surface area contributed by atoms with Crippen molar-refractivity contribution in [3.8, 4) is 16.8 Å². The zero-order valence-electron chi connectivity index (χ0n) is 38.3. The van der Waals surface area contributed by atoms with Gasteiger partial charge in [0.15, 0.2) is 11.3 Å². The highest BCUT2D eigenvalue weighted by molar-refractivity contribution is 6.34. The molecule has 0 N–H and O–H groups in total. The van der Waals surface area contributed by atoms with Crippen LogP contribution in [0.2, 0.25) is 0 Å². The molecule has 67 heavy (non-hydrogen) atoms. The summed E-state index contributed by atoms with van der Waals surface area (Å²) in [5.74, 6) is 0. The van der Waals surface area contributed by atoms with Crippen LogP contribution >= 0.6 is 0 Å². The SMILES string of the molecule is CC(C)(C)c1cc(-c2ccc3c(c2)c2ccccc2n3-c2ccccc2)c2c(c1)c1cc(C(C)(C)C)cc3c4nc5c(nc4n2c13)c1c2ccccc2cc2c3c4ccccc4ccc3n5c21. The Morgan fingerprint density at radius 3 is 1.75 bits per heavy atom. The smallest absolute Gasteiger partial charge is 0.165 e. The van der Waals surface area contributed by atoms with Crippen molar-refractivity contribution in [3.63, 3.8) is 0 Å². The molecular weight excluding hydrogens is 815 g/mol. The summed E-state index contributed by atoms with van der Waals surface area (Å²) >= 11 is 0. The van der Waals surface area contributed by atoms with Gasteiger partial charge < -0.3 is 4.57 Å². The molecule has 15 aromatic rings. The van der Waals surface area contributed by atoms with Crippen LogP contribution in [-0.2, 0) is 10.8 Å². The molecule has 5 heteroatoms. The highest BCUT2D eigenvalue weighted by Gasteiger charge is 2.30. The molecule has 318 valence electrons. The maximum Gasteiger partial charge on any atom is 0.165 e. The van der Waals surface area contributed by atoms with E-state index < -0.39 is 0 Å². The molecule has 9 aromatic carbocycles. The van der Waals surface area contributed by atoms with Crippen molar-refractivity contribution < 1.29 is 0 Å². The Morgan fingerprint density at radius 2 is 0.970 bits per heavy atom. The van der Waals surface area contributed by atoms with E-state index in [4.69, 9.17) is 9.97 Å². The van der Waals surface area contributed by atoms with Gasteiger partial charge in [-0.15, -0.1) is 0 Å². The lowest BCUT2D eigenvalue weighted by molar-refractivity contribution is 0.591. The first-order valence-corrected chi connectivity index (χ1v) is 23.6. The quantitative estimate of drug-likeness (QED) is 0.174. The number of hydrogen-bond acceptors (Lipinski definition) is 2. The highest BCUT2D eigenvalue weighted by Crippen LogP contribution is 2.49. The minimum atomic E-state index is -0.104. The fraction of sp³-hybridized carbons (Fsp3) is 0.129. The Labute approximate surface area is 385 Å². The zero-order valence-corrected chi connectivity index (χ0v) is 38.3. The van der Waals surface area contributed by atoms with Crippen LogP contribution in [0, 0.1) is 0 Å². The van der Waals surface area contributed by atoms with Crippen LogP contribution < -0.4 is 0 Å². The molecule has 6 heterocycles. The van der Waals surface area contributed by atoms with Crippen molar-refractivity contribution in [1.82, 2.24) is 23.3 Å². The largest absolute Gasteiger partial charge is 0.309 e. The van der Waals surface area contributed by atoms with E-state index in [0.29, 0.717) is 0 Å². The normalized spacial score (nSPS) is 13.2. The van der Waals surface area contributed by atoms with Gasteiger partial charge in [0, 0.05) is 54.3 Å². The molecule has 5 nitrogen and oxygen atoms in total. The predicted molar refractivity (Wildman–Crippen MR) is 284 cm³/mol. The van der Waals surface area contributed by atoms with Crippen molar-refractivity contribution in [3.05, 3.63) is 175 Å². The molecule has 0 radical (unpaired) electrons. The summed E-state index contributed by atoms with van der Waals surface area (Å²) in [7, 11) is 0. The molecule has 0 unspecified atom stereocenters. The van der Waals surface area contributed by atoms with Gasteiger partial charge in [-0.2, -0.15) is 0 Å². The molecule has 0 aliphatic rings. The number of para-hydroxylation sites is 2. The van der Waals surface area contributed by atoms with Crippen LogP contribution in [0.3, 0.4) is 0 Å². The highest BCUT2D eigenvalue weighted by atomic mass is 15.1. The van der Waals surface area contributed by atoms with E-state index in [2.05, 4.69) is 219 Å². The van der Waals surface area contributed by atoms with Crippen LogP contribution in [0.4, 0.5) is 0 Å².